The van der Waals surface area contributed by atoms with Crippen molar-refractivity contribution in [3.8, 4) is 0 Å². The molecule has 2 heteroatoms. The Morgan fingerprint density at radius 3 is 2.67 bits per heavy atom. The molecule has 82 valence electrons. The van der Waals surface area contributed by atoms with Crippen LogP contribution in [0.25, 0.3) is 0 Å². The van der Waals surface area contributed by atoms with Crippen molar-refractivity contribution in [3.63, 3.8) is 0 Å². The van der Waals surface area contributed by atoms with Gasteiger partial charge in [-0.2, -0.15) is 0 Å². The van der Waals surface area contributed by atoms with Crippen LogP contribution < -0.4 is 5.73 Å². The predicted octanol–water partition coefficient (Wildman–Crippen LogP) is 3.32. The average molecular weight is 224 g/mol. The number of benzene rings is 1. The molecule has 0 aliphatic heterocycles. The average Bonchev–Trinajstić information content (AvgIpc) is 2.90. The molecule has 1 unspecified atom stereocenters. The summed E-state index contributed by atoms with van der Waals surface area (Å²) < 4.78 is 0. The van der Waals surface area contributed by atoms with Gasteiger partial charge in [-0.3, -0.25) is 0 Å². The third-order valence-corrected chi connectivity index (χ3v) is 3.93. The first-order valence-corrected chi connectivity index (χ1v) is 5.90. The van der Waals surface area contributed by atoms with E-state index >= 15 is 0 Å². The van der Waals surface area contributed by atoms with E-state index in [-0.39, 0.29) is 6.04 Å². The van der Waals surface area contributed by atoms with Crippen molar-refractivity contribution >= 4 is 11.6 Å². The van der Waals surface area contributed by atoms with E-state index in [1.807, 2.05) is 6.07 Å². The number of nitrogens with two attached hydrogens (primary N) is 1. The first-order valence-electron chi connectivity index (χ1n) is 5.52. The fraction of sp³-hybridized carbons (Fsp3) is 0.538. The Hall–Kier alpha value is -0.530. The first-order chi connectivity index (χ1) is 7.01. The topological polar surface area (TPSA) is 26.0 Å². The Kier molecular flexibility index (Phi) is 2.78. The van der Waals surface area contributed by atoms with E-state index in [2.05, 4.69) is 26.0 Å². The Morgan fingerprint density at radius 1 is 1.47 bits per heavy atom. The molecular formula is C13H18ClN. The molecule has 1 nitrogen and oxygen atoms in total. The predicted molar refractivity (Wildman–Crippen MR) is 65.2 cm³/mol. The van der Waals surface area contributed by atoms with E-state index in [0.29, 0.717) is 5.41 Å². The van der Waals surface area contributed by atoms with Gasteiger partial charge in [-0.25, -0.2) is 0 Å². The zero-order chi connectivity index (χ0) is 11.1. The van der Waals surface area contributed by atoms with E-state index in [0.717, 1.165) is 11.4 Å². The highest BCUT2D eigenvalue weighted by Crippen LogP contribution is 2.48. The second-order valence-corrected chi connectivity index (χ2v) is 5.47. The molecule has 0 saturated heterocycles. The minimum Gasteiger partial charge on any atom is -0.327 e. The molecule has 0 radical (unpaired) electrons. The molecule has 1 aromatic rings. The van der Waals surface area contributed by atoms with Crippen LogP contribution >= 0.6 is 11.6 Å². The van der Waals surface area contributed by atoms with Gasteiger partial charge in [0.2, 0.25) is 0 Å². The minimum atomic E-state index is 0.248. The van der Waals surface area contributed by atoms with Gasteiger partial charge in [-0.15, -0.1) is 0 Å². The van der Waals surface area contributed by atoms with Crippen molar-refractivity contribution < 1.29 is 0 Å². The first kappa shape index (κ1) is 11.0. The molecule has 1 saturated carbocycles. The minimum absolute atomic E-state index is 0.248. The summed E-state index contributed by atoms with van der Waals surface area (Å²) in [6.45, 7) is 4.32. The molecule has 1 aromatic carbocycles. The second-order valence-electron chi connectivity index (χ2n) is 5.06. The maximum Gasteiger partial charge on any atom is 0.0441 e. The van der Waals surface area contributed by atoms with E-state index in [9.17, 15) is 0 Å². The normalized spacial score (nSPS) is 20.0. The Bertz CT molecular complexity index is 369. The molecule has 2 N–H and O–H groups in total. The number of aryl methyl sites for hydroxylation is 1. The van der Waals surface area contributed by atoms with E-state index < -0.39 is 0 Å². The zero-order valence-electron chi connectivity index (χ0n) is 9.39. The maximum absolute atomic E-state index is 6.19. The van der Waals surface area contributed by atoms with Crippen molar-refractivity contribution in [1.82, 2.24) is 0 Å². The van der Waals surface area contributed by atoms with Crippen molar-refractivity contribution in [1.29, 1.82) is 0 Å². The summed E-state index contributed by atoms with van der Waals surface area (Å²) in [6, 6.07) is 6.46. The van der Waals surface area contributed by atoms with Gasteiger partial charge in [0.15, 0.2) is 0 Å². The van der Waals surface area contributed by atoms with Crippen LogP contribution in [0.2, 0.25) is 5.02 Å². The molecule has 1 aliphatic rings. The highest BCUT2D eigenvalue weighted by Gasteiger charge is 2.42. The smallest absolute Gasteiger partial charge is 0.0441 e. The van der Waals surface area contributed by atoms with Gasteiger partial charge in [0, 0.05) is 11.1 Å². The third-order valence-electron chi connectivity index (χ3n) is 3.58. The molecule has 2 rings (SSSR count). The van der Waals surface area contributed by atoms with Crippen LogP contribution in [0.3, 0.4) is 0 Å². The summed E-state index contributed by atoms with van der Waals surface area (Å²) in [7, 11) is 0. The van der Waals surface area contributed by atoms with Crippen LogP contribution in [-0.4, -0.2) is 6.04 Å². The Morgan fingerprint density at radius 2 is 2.13 bits per heavy atom. The van der Waals surface area contributed by atoms with Crippen LogP contribution in [0.1, 0.15) is 30.9 Å². The molecule has 1 aliphatic carbocycles. The van der Waals surface area contributed by atoms with E-state index in [1.54, 1.807) is 0 Å². The van der Waals surface area contributed by atoms with Gasteiger partial charge in [0.1, 0.15) is 0 Å². The van der Waals surface area contributed by atoms with Crippen LogP contribution in [-0.2, 0) is 6.42 Å². The monoisotopic (exact) mass is 223 g/mol. The van der Waals surface area contributed by atoms with Gasteiger partial charge in [-0.05, 0) is 48.8 Å². The lowest BCUT2D eigenvalue weighted by molar-refractivity contribution is 0.433. The summed E-state index contributed by atoms with van der Waals surface area (Å²) in [5.74, 6) is 0. The number of hydrogen-bond donors (Lipinski definition) is 1. The highest BCUT2D eigenvalue weighted by atomic mass is 35.5. The largest absolute Gasteiger partial charge is 0.327 e. The fourth-order valence-electron chi connectivity index (χ4n) is 1.87. The summed E-state index contributed by atoms with van der Waals surface area (Å²) >= 11 is 6.19. The highest BCUT2D eigenvalue weighted by molar-refractivity contribution is 6.31. The third kappa shape index (κ3) is 2.35. The summed E-state index contributed by atoms with van der Waals surface area (Å²) in [5.41, 5.74) is 8.95. The zero-order valence-corrected chi connectivity index (χ0v) is 10.1. The van der Waals surface area contributed by atoms with Crippen LogP contribution in [0.15, 0.2) is 18.2 Å². The quantitative estimate of drug-likeness (QED) is 0.836. The van der Waals surface area contributed by atoms with Gasteiger partial charge in [0.25, 0.3) is 0 Å². The van der Waals surface area contributed by atoms with E-state index in [4.69, 9.17) is 17.3 Å². The molecule has 0 heterocycles. The van der Waals surface area contributed by atoms with Crippen molar-refractivity contribution in [3.05, 3.63) is 34.3 Å². The number of rotatable bonds is 3. The van der Waals surface area contributed by atoms with Gasteiger partial charge < -0.3 is 5.73 Å². The molecular weight excluding hydrogens is 206 g/mol. The van der Waals surface area contributed by atoms with Crippen molar-refractivity contribution in [2.45, 2.75) is 39.2 Å². The van der Waals surface area contributed by atoms with Gasteiger partial charge >= 0.3 is 0 Å². The molecule has 0 spiro atoms. The van der Waals surface area contributed by atoms with Gasteiger partial charge in [-0.1, -0.05) is 30.7 Å². The van der Waals surface area contributed by atoms with E-state index in [1.165, 1.54) is 24.0 Å². The molecule has 0 amide bonds. The molecule has 0 bridgehead atoms. The lowest BCUT2D eigenvalue weighted by Gasteiger charge is -2.19. The summed E-state index contributed by atoms with van der Waals surface area (Å²) in [5, 5.41) is 0.856. The molecule has 1 atom stereocenters. The molecule has 0 aromatic heterocycles. The van der Waals surface area contributed by atoms with Crippen molar-refractivity contribution in [2.75, 3.05) is 0 Å². The van der Waals surface area contributed by atoms with Crippen LogP contribution in [0.4, 0.5) is 0 Å². The molecule has 15 heavy (non-hydrogen) atoms. The summed E-state index contributed by atoms with van der Waals surface area (Å²) in [6.07, 6.45) is 3.42. The Labute approximate surface area is 96.6 Å². The molecule has 1 fully saturated rings. The standard InChI is InChI=1S/C13H18ClN/c1-9-3-4-10(11(14)7-9)8-12(15)13(2)5-6-13/h3-4,7,12H,5-6,8,15H2,1-2H3. The number of hydrogen-bond acceptors (Lipinski definition) is 1. The van der Waals surface area contributed by atoms with Crippen molar-refractivity contribution in [2.24, 2.45) is 11.1 Å². The SMILES string of the molecule is Cc1ccc(CC(N)C2(C)CC2)c(Cl)c1. The fourth-order valence-corrected chi connectivity index (χ4v) is 2.18. The lowest BCUT2D eigenvalue weighted by atomic mass is 9.93. The second kappa shape index (κ2) is 3.80. The van der Waals surface area contributed by atoms with Crippen LogP contribution in [0.5, 0.6) is 0 Å². The van der Waals surface area contributed by atoms with Gasteiger partial charge in [0.05, 0.1) is 0 Å². The Balaban J connectivity index is 2.10. The number of halogens is 1. The van der Waals surface area contributed by atoms with Crippen LogP contribution in [0, 0.1) is 12.3 Å². The lowest BCUT2D eigenvalue weighted by Crippen LogP contribution is -2.31. The maximum atomic E-state index is 6.19. The summed E-state index contributed by atoms with van der Waals surface area (Å²) in [4.78, 5) is 0.